The molecule has 0 aliphatic rings. The van der Waals surface area contributed by atoms with Gasteiger partial charge in [0, 0.05) is 54.1 Å². The highest BCUT2D eigenvalue weighted by Crippen LogP contribution is 2.44. The number of fused-ring (bicyclic) bond motifs is 7. The minimum absolute atomic E-state index is 0.822. The van der Waals surface area contributed by atoms with Crippen LogP contribution in [0.2, 0.25) is 0 Å². The first-order valence-corrected chi connectivity index (χ1v) is 21.7. The van der Waals surface area contributed by atoms with Gasteiger partial charge in [0.25, 0.3) is 0 Å². The van der Waals surface area contributed by atoms with Gasteiger partial charge in [0.15, 0.2) is 7.14 Å². The first kappa shape index (κ1) is 34.9. The fraction of sp³-hybridized carbons (Fsp3) is 0. The summed E-state index contributed by atoms with van der Waals surface area (Å²) in [4.78, 5) is 5.43. The molecular weight excluding hydrogens is 736 g/mol. The van der Waals surface area contributed by atoms with Crippen LogP contribution >= 0.6 is 7.14 Å². The lowest BCUT2D eigenvalue weighted by Gasteiger charge is -2.20. The van der Waals surface area contributed by atoms with Crippen LogP contribution in [0.4, 0.5) is 0 Å². The van der Waals surface area contributed by atoms with Crippen LogP contribution in [0.15, 0.2) is 224 Å². The zero-order chi connectivity index (χ0) is 39.3. The van der Waals surface area contributed by atoms with E-state index >= 15 is 0 Å². The Bertz CT molecular complexity index is 3320. The van der Waals surface area contributed by atoms with Gasteiger partial charge in [-0.3, -0.25) is 0 Å². The highest BCUT2D eigenvalue weighted by atomic mass is 31.2. The highest BCUT2D eigenvalue weighted by molar-refractivity contribution is 7.85. The molecule has 0 unspecified atom stereocenters. The Morgan fingerprint density at radius 1 is 0.373 bits per heavy atom. The van der Waals surface area contributed by atoms with Crippen molar-refractivity contribution >= 4 is 66.5 Å². The van der Waals surface area contributed by atoms with Crippen molar-refractivity contribution in [3.05, 3.63) is 224 Å². The fourth-order valence-electron chi connectivity index (χ4n) is 8.83. The van der Waals surface area contributed by atoms with E-state index in [2.05, 4.69) is 156 Å². The Morgan fingerprint density at radius 3 is 1.49 bits per heavy atom. The molecule has 0 N–H and O–H groups in total. The quantitative estimate of drug-likeness (QED) is 0.119. The molecule has 0 atom stereocenters. The number of hydrogen-bond acceptors (Lipinski definition) is 2. The van der Waals surface area contributed by atoms with E-state index in [1.54, 1.807) is 0 Å². The standard InChI is InChI=1S/C55H37N2OP/c58-59(44-19-9-3-10-20-44,45-21-11-4-12-22-45)46-32-29-39(30-33-46)38-25-27-40(28-26-38)42-31-34-49-51(37-42)56-54(41-15-5-1-6-16-41)50-36-35-48-47-23-13-14-24-52(47)57(55(48)53(49)50)43-17-7-2-8-18-43/h1-37H. The molecule has 0 saturated heterocycles. The first-order valence-electron chi connectivity index (χ1n) is 20.0. The van der Waals surface area contributed by atoms with Crippen LogP contribution in [-0.4, -0.2) is 9.55 Å². The third-order valence-corrected chi connectivity index (χ3v) is 14.8. The molecule has 9 aromatic carbocycles. The minimum Gasteiger partial charge on any atom is -0.309 e. The molecule has 0 spiro atoms. The number of pyridine rings is 1. The molecule has 11 rings (SSSR count). The second kappa shape index (κ2) is 14.3. The summed E-state index contributed by atoms with van der Waals surface area (Å²) >= 11 is 0. The van der Waals surface area contributed by atoms with Crippen molar-refractivity contribution in [3.63, 3.8) is 0 Å². The van der Waals surface area contributed by atoms with E-state index in [-0.39, 0.29) is 0 Å². The average molecular weight is 773 g/mol. The van der Waals surface area contributed by atoms with Crippen molar-refractivity contribution in [2.75, 3.05) is 0 Å². The van der Waals surface area contributed by atoms with E-state index in [1.807, 2.05) is 72.8 Å². The van der Waals surface area contributed by atoms with Crippen LogP contribution in [0, 0.1) is 0 Å². The molecule has 2 aromatic heterocycles. The molecule has 11 aromatic rings. The summed E-state index contributed by atoms with van der Waals surface area (Å²) in [6.45, 7) is 0. The molecule has 278 valence electrons. The summed E-state index contributed by atoms with van der Waals surface area (Å²) in [5, 5.41) is 8.38. The molecule has 0 radical (unpaired) electrons. The summed E-state index contributed by atoms with van der Waals surface area (Å²) in [5.41, 5.74) is 10.9. The molecule has 0 bridgehead atoms. The molecule has 0 aliphatic heterocycles. The van der Waals surface area contributed by atoms with Crippen molar-refractivity contribution in [1.82, 2.24) is 9.55 Å². The molecule has 4 heteroatoms. The van der Waals surface area contributed by atoms with Crippen LogP contribution in [-0.2, 0) is 4.57 Å². The topological polar surface area (TPSA) is 34.9 Å². The second-order valence-electron chi connectivity index (χ2n) is 15.0. The number of benzene rings is 9. The molecule has 0 fully saturated rings. The maximum absolute atomic E-state index is 14.9. The van der Waals surface area contributed by atoms with Crippen molar-refractivity contribution in [3.8, 4) is 39.2 Å². The van der Waals surface area contributed by atoms with Crippen molar-refractivity contribution in [2.24, 2.45) is 0 Å². The summed E-state index contributed by atoms with van der Waals surface area (Å²) in [7, 11) is -3.04. The van der Waals surface area contributed by atoms with Gasteiger partial charge in [-0.2, -0.15) is 0 Å². The molecular formula is C55H37N2OP. The zero-order valence-corrected chi connectivity index (χ0v) is 33.0. The predicted octanol–water partition coefficient (Wildman–Crippen LogP) is 13.1. The number of hydrogen-bond donors (Lipinski definition) is 0. The van der Waals surface area contributed by atoms with Gasteiger partial charge in [-0.25, -0.2) is 4.98 Å². The van der Waals surface area contributed by atoms with Crippen LogP contribution in [0.3, 0.4) is 0 Å². The lowest BCUT2D eigenvalue weighted by molar-refractivity contribution is 0.592. The molecule has 2 heterocycles. The summed E-state index contributed by atoms with van der Waals surface area (Å²) in [6, 6.07) is 77.8. The number of rotatable bonds is 7. The van der Waals surface area contributed by atoms with E-state index in [0.717, 1.165) is 71.4 Å². The molecule has 3 nitrogen and oxygen atoms in total. The van der Waals surface area contributed by atoms with E-state index in [9.17, 15) is 4.57 Å². The lowest BCUT2D eigenvalue weighted by Crippen LogP contribution is -2.24. The van der Waals surface area contributed by atoms with E-state index < -0.39 is 7.14 Å². The zero-order valence-electron chi connectivity index (χ0n) is 32.1. The van der Waals surface area contributed by atoms with E-state index in [1.165, 1.54) is 27.2 Å². The number of nitrogens with zero attached hydrogens (tertiary/aromatic N) is 2. The van der Waals surface area contributed by atoms with Crippen LogP contribution < -0.4 is 15.9 Å². The predicted molar refractivity (Wildman–Crippen MR) is 249 cm³/mol. The Hall–Kier alpha value is -7.32. The van der Waals surface area contributed by atoms with Gasteiger partial charge in [0.05, 0.1) is 22.2 Å². The third kappa shape index (κ3) is 5.82. The second-order valence-corrected chi connectivity index (χ2v) is 17.8. The molecule has 0 saturated carbocycles. The average Bonchev–Trinajstić information content (AvgIpc) is 3.66. The van der Waals surface area contributed by atoms with E-state index in [0.29, 0.717) is 0 Å². The Balaban J connectivity index is 1.03. The molecule has 0 amide bonds. The monoisotopic (exact) mass is 772 g/mol. The normalized spacial score (nSPS) is 11.8. The van der Waals surface area contributed by atoms with Gasteiger partial charge in [-0.1, -0.05) is 200 Å². The minimum atomic E-state index is -3.04. The third-order valence-electron chi connectivity index (χ3n) is 11.7. The molecule has 0 aliphatic carbocycles. The van der Waals surface area contributed by atoms with Gasteiger partial charge in [0.1, 0.15) is 0 Å². The largest absolute Gasteiger partial charge is 0.309 e. The summed E-state index contributed by atoms with van der Waals surface area (Å²) < 4.78 is 17.3. The number of para-hydroxylation sites is 2. The first-order chi connectivity index (χ1) is 29.1. The van der Waals surface area contributed by atoms with Crippen LogP contribution in [0.5, 0.6) is 0 Å². The smallest absolute Gasteiger partial charge is 0.171 e. The maximum Gasteiger partial charge on any atom is 0.171 e. The lowest BCUT2D eigenvalue weighted by atomic mass is 9.95. The SMILES string of the molecule is O=P(c1ccccc1)(c1ccccc1)c1ccc(-c2ccc(-c3ccc4c(c3)nc(-c3ccccc3)c3ccc5c6ccccc6n(-c6ccccc6)c5c34)cc2)cc1. The Labute approximate surface area is 342 Å². The summed E-state index contributed by atoms with van der Waals surface area (Å²) in [5.74, 6) is 0. The van der Waals surface area contributed by atoms with E-state index in [4.69, 9.17) is 4.98 Å². The van der Waals surface area contributed by atoms with Gasteiger partial charge in [-0.05, 0) is 46.5 Å². The van der Waals surface area contributed by atoms with Gasteiger partial charge in [0.2, 0.25) is 0 Å². The maximum atomic E-state index is 14.9. The number of aromatic nitrogens is 2. The van der Waals surface area contributed by atoms with Gasteiger partial charge < -0.3 is 9.13 Å². The van der Waals surface area contributed by atoms with Crippen molar-refractivity contribution in [1.29, 1.82) is 0 Å². The van der Waals surface area contributed by atoms with Gasteiger partial charge in [-0.15, -0.1) is 0 Å². The Morgan fingerprint density at radius 2 is 0.847 bits per heavy atom. The van der Waals surface area contributed by atoms with Crippen LogP contribution in [0.25, 0.3) is 82.7 Å². The van der Waals surface area contributed by atoms with Crippen molar-refractivity contribution < 1.29 is 4.57 Å². The van der Waals surface area contributed by atoms with Gasteiger partial charge >= 0.3 is 0 Å². The Kier molecular flexibility index (Phi) is 8.43. The highest BCUT2D eigenvalue weighted by Gasteiger charge is 2.29. The van der Waals surface area contributed by atoms with Crippen LogP contribution in [0.1, 0.15) is 0 Å². The fourth-order valence-corrected chi connectivity index (χ4v) is 11.5. The molecule has 59 heavy (non-hydrogen) atoms. The summed E-state index contributed by atoms with van der Waals surface area (Å²) in [6.07, 6.45) is 0. The van der Waals surface area contributed by atoms with Crippen molar-refractivity contribution in [2.45, 2.75) is 0 Å².